The van der Waals surface area contributed by atoms with E-state index in [9.17, 15) is 0 Å². The summed E-state index contributed by atoms with van der Waals surface area (Å²) in [4.78, 5) is 2.85. The molecule has 6 fully saturated rings. The number of fused-ring (bicyclic) bond motifs is 2. The van der Waals surface area contributed by atoms with Gasteiger partial charge in [0.2, 0.25) is 0 Å². The Morgan fingerprint density at radius 3 is 2.76 bits per heavy atom. The number of ether oxygens (including phenoxy) is 1. The number of hydrogen-bond donors (Lipinski definition) is 2. The largest absolute Gasteiger partial charge is 0.378 e. The Kier molecular flexibility index (Phi) is 5.22. The van der Waals surface area contributed by atoms with Crippen LogP contribution in [0.4, 0.5) is 0 Å². The van der Waals surface area contributed by atoms with Crippen LogP contribution in [-0.2, 0) is 4.74 Å². The molecule has 2 saturated carbocycles. The first-order valence-corrected chi connectivity index (χ1v) is 13.0. The molecule has 0 radical (unpaired) electrons. The molecule has 2 aliphatic carbocycles. The molecule has 6 aliphatic rings. The molecule has 4 saturated heterocycles. The van der Waals surface area contributed by atoms with Crippen molar-refractivity contribution in [3.05, 3.63) is 0 Å². The number of hydrogen-bond acceptors (Lipinski definition) is 4. The maximum atomic E-state index is 5.99. The maximum Gasteiger partial charge on any atom is 0.0649 e. The van der Waals surface area contributed by atoms with Crippen LogP contribution in [0.25, 0.3) is 0 Å². The average molecular weight is 402 g/mol. The van der Waals surface area contributed by atoms with Gasteiger partial charge in [0, 0.05) is 23.7 Å². The number of nitrogens with zero attached hydrogens (tertiary/aromatic N) is 1. The van der Waals surface area contributed by atoms with Crippen molar-refractivity contribution in [3.63, 3.8) is 0 Å². The van der Waals surface area contributed by atoms with Gasteiger partial charge in [0.1, 0.15) is 0 Å². The third-order valence-corrected chi connectivity index (χ3v) is 9.95. The Morgan fingerprint density at radius 1 is 0.966 bits per heavy atom. The van der Waals surface area contributed by atoms with Gasteiger partial charge >= 0.3 is 0 Å². The van der Waals surface area contributed by atoms with E-state index < -0.39 is 0 Å². The van der Waals surface area contributed by atoms with Crippen molar-refractivity contribution in [1.82, 2.24) is 15.5 Å². The van der Waals surface area contributed by atoms with Crippen LogP contribution in [-0.4, -0.2) is 61.4 Å². The lowest BCUT2D eigenvalue weighted by molar-refractivity contribution is 0.0268. The molecular weight excluding hydrogens is 358 g/mol. The quantitative estimate of drug-likeness (QED) is 0.757. The van der Waals surface area contributed by atoms with Crippen molar-refractivity contribution in [2.24, 2.45) is 29.6 Å². The van der Waals surface area contributed by atoms with E-state index in [0.29, 0.717) is 11.6 Å². The van der Waals surface area contributed by atoms with E-state index in [0.717, 1.165) is 54.9 Å². The van der Waals surface area contributed by atoms with Crippen LogP contribution in [0.3, 0.4) is 0 Å². The van der Waals surface area contributed by atoms with E-state index in [1.165, 1.54) is 83.8 Å². The Labute approximate surface area is 177 Å². The minimum atomic E-state index is 0.384. The molecule has 4 aliphatic heterocycles. The average Bonchev–Trinajstić information content (AvgIpc) is 3.15. The second-order valence-electron chi connectivity index (χ2n) is 11.9. The van der Waals surface area contributed by atoms with E-state index in [4.69, 9.17) is 4.74 Å². The van der Waals surface area contributed by atoms with Gasteiger partial charge in [0.15, 0.2) is 0 Å². The van der Waals surface area contributed by atoms with Gasteiger partial charge in [-0.3, -0.25) is 0 Å². The molecule has 6 rings (SSSR count). The van der Waals surface area contributed by atoms with Crippen molar-refractivity contribution in [1.29, 1.82) is 0 Å². The molecule has 0 aromatic heterocycles. The molecule has 0 bridgehead atoms. The van der Waals surface area contributed by atoms with Crippen molar-refractivity contribution >= 4 is 0 Å². The van der Waals surface area contributed by atoms with E-state index in [1.807, 2.05) is 0 Å². The van der Waals surface area contributed by atoms with Gasteiger partial charge in [-0.25, -0.2) is 0 Å². The molecule has 8 unspecified atom stereocenters. The highest BCUT2D eigenvalue weighted by Gasteiger charge is 2.49. The van der Waals surface area contributed by atoms with Crippen molar-refractivity contribution in [2.45, 2.75) is 94.8 Å². The molecule has 4 heterocycles. The second kappa shape index (κ2) is 7.76. The summed E-state index contributed by atoms with van der Waals surface area (Å²) in [5.74, 6) is 4.74. The van der Waals surface area contributed by atoms with Gasteiger partial charge < -0.3 is 20.3 Å². The minimum absolute atomic E-state index is 0.384. The fourth-order valence-electron chi connectivity index (χ4n) is 8.20. The molecule has 4 heteroatoms. The molecule has 0 aromatic rings. The van der Waals surface area contributed by atoms with Crippen LogP contribution in [0.2, 0.25) is 0 Å². The molecule has 0 aromatic carbocycles. The highest BCUT2D eigenvalue weighted by molar-refractivity contribution is 5.07. The maximum absolute atomic E-state index is 5.99. The Balaban J connectivity index is 1.07. The first kappa shape index (κ1) is 19.5. The van der Waals surface area contributed by atoms with Crippen molar-refractivity contribution < 1.29 is 4.74 Å². The van der Waals surface area contributed by atoms with Crippen LogP contribution >= 0.6 is 0 Å². The summed E-state index contributed by atoms with van der Waals surface area (Å²) in [5.41, 5.74) is 0.384. The number of morpholine rings is 1. The van der Waals surface area contributed by atoms with Gasteiger partial charge in [0.25, 0.3) is 0 Å². The standard InChI is InChI=1S/C25H43N3O/c1-17-5-10-28-11-6-19(23(28)12-17)13-18-4-9-26-24-20(2-3-22(18)24)14-21-15-29-16-25(27-21)7-8-25/h17-24,26-27H,2-16H2,1H3. The summed E-state index contributed by atoms with van der Waals surface area (Å²) < 4.78 is 5.99. The predicted octanol–water partition coefficient (Wildman–Crippen LogP) is 3.41. The van der Waals surface area contributed by atoms with E-state index in [-0.39, 0.29) is 0 Å². The van der Waals surface area contributed by atoms with Crippen molar-refractivity contribution in [3.8, 4) is 0 Å². The van der Waals surface area contributed by atoms with Crippen LogP contribution in [0.5, 0.6) is 0 Å². The predicted molar refractivity (Wildman–Crippen MR) is 117 cm³/mol. The molecule has 164 valence electrons. The molecular formula is C25H43N3O. The number of nitrogens with one attached hydrogen (secondary N) is 2. The fraction of sp³-hybridized carbons (Fsp3) is 1.00. The Hall–Kier alpha value is -0.160. The highest BCUT2D eigenvalue weighted by Crippen LogP contribution is 2.47. The number of piperidine rings is 2. The van der Waals surface area contributed by atoms with Crippen LogP contribution in [0.15, 0.2) is 0 Å². The fourth-order valence-corrected chi connectivity index (χ4v) is 8.20. The monoisotopic (exact) mass is 401 g/mol. The zero-order valence-electron chi connectivity index (χ0n) is 18.6. The van der Waals surface area contributed by atoms with E-state index in [1.54, 1.807) is 0 Å². The summed E-state index contributed by atoms with van der Waals surface area (Å²) in [6.07, 6.45) is 14.3. The lowest BCUT2D eigenvalue weighted by Gasteiger charge is -2.41. The lowest BCUT2D eigenvalue weighted by Crippen LogP contribution is -2.53. The first-order chi connectivity index (χ1) is 14.2. The second-order valence-corrected chi connectivity index (χ2v) is 11.9. The summed E-state index contributed by atoms with van der Waals surface area (Å²) in [6.45, 7) is 8.41. The Morgan fingerprint density at radius 2 is 1.86 bits per heavy atom. The first-order valence-electron chi connectivity index (χ1n) is 13.0. The van der Waals surface area contributed by atoms with Gasteiger partial charge in [-0.15, -0.1) is 0 Å². The van der Waals surface area contributed by atoms with Gasteiger partial charge in [-0.2, -0.15) is 0 Å². The third kappa shape index (κ3) is 3.81. The number of rotatable bonds is 4. The van der Waals surface area contributed by atoms with Gasteiger partial charge in [-0.05, 0) is 113 Å². The zero-order chi connectivity index (χ0) is 19.4. The zero-order valence-corrected chi connectivity index (χ0v) is 18.6. The molecule has 29 heavy (non-hydrogen) atoms. The molecule has 1 spiro atoms. The third-order valence-electron chi connectivity index (χ3n) is 9.95. The van der Waals surface area contributed by atoms with Gasteiger partial charge in [-0.1, -0.05) is 6.92 Å². The Bertz CT molecular complexity index is 593. The van der Waals surface area contributed by atoms with E-state index in [2.05, 4.69) is 22.5 Å². The van der Waals surface area contributed by atoms with Gasteiger partial charge in [0.05, 0.1) is 13.2 Å². The molecule has 2 N–H and O–H groups in total. The molecule has 4 nitrogen and oxygen atoms in total. The summed E-state index contributed by atoms with van der Waals surface area (Å²) in [7, 11) is 0. The summed E-state index contributed by atoms with van der Waals surface area (Å²) in [6, 6.07) is 2.31. The van der Waals surface area contributed by atoms with Crippen LogP contribution < -0.4 is 10.6 Å². The lowest BCUT2D eigenvalue weighted by atomic mass is 9.73. The van der Waals surface area contributed by atoms with Crippen molar-refractivity contribution in [2.75, 3.05) is 32.8 Å². The summed E-state index contributed by atoms with van der Waals surface area (Å²) in [5, 5.41) is 7.97. The van der Waals surface area contributed by atoms with Crippen LogP contribution in [0.1, 0.15) is 71.1 Å². The normalized spacial score (nSPS) is 49.1. The minimum Gasteiger partial charge on any atom is -0.378 e. The topological polar surface area (TPSA) is 36.5 Å². The SMILES string of the molecule is CC1CCN2CCC(CC3CCNC4C(CC5COCC6(CC6)N5)CCC34)C2C1. The molecule has 8 atom stereocenters. The summed E-state index contributed by atoms with van der Waals surface area (Å²) >= 11 is 0. The smallest absolute Gasteiger partial charge is 0.0649 e. The van der Waals surface area contributed by atoms with Crippen LogP contribution in [0, 0.1) is 29.6 Å². The molecule has 0 amide bonds. The van der Waals surface area contributed by atoms with E-state index >= 15 is 0 Å². The highest BCUT2D eigenvalue weighted by atomic mass is 16.5.